The normalized spacial score (nSPS) is 12.1. The number of hydrogen-bond donors (Lipinski definition) is 2. The molecular weight excluding hydrogens is 260 g/mol. The summed E-state index contributed by atoms with van der Waals surface area (Å²) in [5.74, 6) is 1.54. The van der Waals surface area contributed by atoms with E-state index >= 15 is 0 Å². The number of aliphatic hydroxyl groups excluding tert-OH is 1. The topological polar surface area (TPSA) is 49.7 Å². The van der Waals surface area contributed by atoms with Crippen molar-refractivity contribution < 1.29 is 14.9 Å². The summed E-state index contributed by atoms with van der Waals surface area (Å²) >= 11 is 1.54. The second-order valence-electron chi connectivity index (χ2n) is 4.10. The molecule has 0 aliphatic carbocycles. The minimum absolute atomic E-state index is 0.248. The first-order valence-corrected chi connectivity index (χ1v) is 6.91. The van der Waals surface area contributed by atoms with Gasteiger partial charge < -0.3 is 14.9 Å². The van der Waals surface area contributed by atoms with Crippen LogP contribution in [0.1, 0.15) is 11.7 Å². The second kappa shape index (κ2) is 6.50. The van der Waals surface area contributed by atoms with Crippen LogP contribution in [-0.2, 0) is 0 Å². The van der Waals surface area contributed by atoms with E-state index in [0.29, 0.717) is 5.75 Å². The van der Waals surface area contributed by atoms with Gasteiger partial charge in [0.2, 0.25) is 0 Å². The van der Waals surface area contributed by atoms with Crippen molar-refractivity contribution in [3.63, 3.8) is 0 Å². The van der Waals surface area contributed by atoms with Crippen LogP contribution in [0.5, 0.6) is 11.5 Å². The highest BCUT2D eigenvalue weighted by Crippen LogP contribution is 2.27. The molecule has 2 N–H and O–H groups in total. The number of benzene rings is 2. The van der Waals surface area contributed by atoms with Gasteiger partial charge in [0.05, 0.1) is 13.2 Å². The van der Waals surface area contributed by atoms with Crippen molar-refractivity contribution in [1.29, 1.82) is 0 Å². The third-order valence-corrected chi connectivity index (χ3v) is 3.81. The summed E-state index contributed by atoms with van der Waals surface area (Å²) < 4.78 is 5.14. The average Bonchev–Trinajstić information content (AvgIpc) is 2.46. The first-order valence-electron chi connectivity index (χ1n) is 5.93. The number of thioether (sulfide) groups is 1. The van der Waals surface area contributed by atoms with Crippen LogP contribution < -0.4 is 4.74 Å². The lowest BCUT2D eigenvalue weighted by molar-refractivity contribution is 0.203. The Hall–Kier alpha value is -1.65. The Kier molecular flexibility index (Phi) is 4.71. The number of methoxy groups -OCH3 is 1. The van der Waals surface area contributed by atoms with Gasteiger partial charge in [-0.2, -0.15) is 0 Å². The lowest BCUT2D eigenvalue weighted by Crippen LogP contribution is -2.00. The lowest BCUT2D eigenvalue weighted by Gasteiger charge is -2.11. The largest absolute Gasteiger partial charge is 0.508 e. The zero-order valence-electron chi connectivity index (χ0n) is 10.6. The molecule has 0 radical (unpaired) electrons. The zero-order chi connectivity index (χ0) is 13.7. The van der Waals surface area contributed by atoms with Crippen LogP contribution in [0.4, 0.5) is 0 Å². The Labute approximate surface area is 116 Å². The molecule has 0 heterocycles. The van der Waals surface area contributed by atoms with Crippen molar-refractivity contribution in [1.82, 2.24) is 0 Å². The molecule has 0 saturated carbocycles. The van der Waals surface area contributed by atoms with Crippen molar-refractivity contribution in [3.05, 3.63) is 54.1 Å². The van der Waals surface area contributed by atoms with Gasteiger partial charge in [0, 0.05) is 10.6 Å². The highest BCUT2D eigenvalue weighted by atomic mass is 32.2. The van der Waals surface area contributed by atoms with Gasteiger partial charge in [-0.1, -0.05) is 12.1 Å². The quantitative estimate of drug-likeness (QED) is 0.823. The molecule has 0 saturated heterocycles. The summed E-state index contributed by atoms with van der Waals surface area (Å²) in [5, 5.41) is 19.3. The van der Waals surface area contributed by atoms with E-state index in [9.17, 15) is 10.2 Å². The number of hydrogen-bond acceptors (Lipinski definition) is 4. The van der Waals surface area contributed by atoms with E-state index in [1.165, 1.54) is 0 Å². The number of ether oxygens (including phenoxy) is 1. The molecule has 0 aliphatic heterocycles. The zero-order valence-corrected chi connectivity index (χ0v) is 11.4. The molecule has 0 fully saturated rings. The maximum absolute atomic E-state index is 10.1. The number of aliphatic hydroxyl groups is 1. The SMILES string of the molecule is COc1cccc(C(O)CSc2ccc(O)cc2)c1. The van der Waals surface area contributed by atoms with Gasteiger partial charge in [-0.25, -0.2) is 0 Å². The number of rotatable bonds is 5. The molecule has 19 heavy (non-hydrogen) atoms. The average molecular weight is 276 g/mol. The molecule has 2 rings (SSSR count). The summed E-state index contributed by atoms with van der Waals surface area (Å²) in [6.45, 7) is 0. The van der Waals surface area contributed by atoms with E-state index in [4.69, 9.17) is 4.74 Å². The second-order valence-corrected chi connectivity index (χ2v) is 5.19. The first kappa shape index (κ1) is 13.8. The van der Waals surface area contributed by atoms with Gasteiger partial charge in [-0.15, -0.1) is 11.8 Å². The van der Waals surface area contributed by atoms with E-state index in [-0.39, 0.29) is 5.75 Å². The summed E-state index contributed by atoms with van der Waals surface area (Å²) in [6, 6.07) is 14.4. The Morgan fingerprint density at radius 1 is 1.16 bits per heavy atom. The van der Waals surface area contributed by atoms with Crippen molar-refractivity contribution in [3.8, 4) is 11.5 Å². The number of phenols is 1. The molecule has 0 bridgehead atoms. The fourth-order valence-electron chi connectivity index (χ4n) is 1.66. The Morgan fingerprint density at radius 2 is 1.89 bits per heavy atom. The summed E-state index contributed by atoms with van der Waals surface area (Å²) in [6.07, 6.45) is -0.547. The number of aromatic hydroxyl groups is 1. The van der Waals surface area contributed by atoms with E-state index < -0.39 is 6.10 Å². The van der Waals surface area contributed by atoms with Crippen LogP contribution in [0.25, 0.3) is 0 Å². The standard InChI is InChI=1S/C15H16O3S/c1-18-13-4-2-3-11(9-13)15(17)10-19-14-7-5-12(16)6-8-14/h2-9,15-17H,10H2,1H3. The molecule has 0 spiro atoms. The van der Waals surface area contributed by atoms with Crippen LogP contribution in [0.2, 0.25) is 0 Å². The predicted molar refractivity (Wildman–Crippen MR) is 76.8 cm³/mol. The first-order chi connectivity index (χ1) is 9.19. The van der Waals surface area contributed by atoms with Crippen molar-refractivity contribution in [2.24, 2.45) is 0 Å². The maximum atomic E-state index is 10.1. The number of phenolic OH excluding ortho intramolecular Hbond substituents is 1. The third-order valence-electron chi connectivity index (χ3n) is 2.72. The monoisotopic (exact) mass is 276 g/mol. The maximum Gasteiger partial charge on any atom is 0.119 e. The molecule has 2 aromatic carbocycles. The molecule has 1 atom stereocenters. The van der Waals surface area contributed by atoms with Crippen LogP contribution in [-0.4, -0.2) is 23.1 Å². The molecular formula is C15H16O3S. The molecule has 4 heteroatoms. The molecule has 0 aromatic heterocycles. The highest BCUT2D eigenvalue weighted by molar-refractivity contribution is 7.99. The molecule has 2 aromatic rings. The van der Waals surface area contributed by atoms with E-state index in [0.717, 1.165) is 16.2 Å². The van der Waals surface area contributed by atoms with E-state index in [1.807, 2.05) is 36.4 Å². The molecule has 0 amide bonds. The van der Waals surface area contributed by atoms with Crippen LogP contribution in [0, 0.1) is 0 Å². The van der Waals surface area contributed by atoms with E-state index in [2.05, 4.69) is 0 Å². The molecule has 100 valence electrons. The Bertz CT molecular complexity index is 525. The van der Waals surface area contributed by atoms with Gasteiger partial charge >= 0.3 is 0 Å². The fraction of sp³-hybridized carbons (Fsp3) is 0.200. The van der Waals surface area contributed by atoms with Gasteiger partial charge in [-0.05, 0) is 42.0 Å². The fourth-order valence-corrected chi connectivity index (χ4v) is 2.53. The van der Waals surface area contributed by atoms with Crippen molar-refractivity contribution in [2.75, 3.05) is 12.9 Å². The van der Waals surface area contributed by atoms with Crippen LogP contribution in [0.3, 0.4) is 0 Å². The van der Waals surface area contributed by atoms with Crippen LogP contribution in [0.15, 0.2) is 53.4 Å². The molecule has 0 aliphatic rings. The molecule has 3 nitrogen and oxygen atoms in total. The van der Waals surface area contributed by atoms with Gasteiger partial charge in [-0.3, -0.25) is 0 Å². The van der Waals surface area contributed by atoms with E-state index in [1.54, 1.807) is 31.0 Å². The third kappa shape index (κ3) is 3.91. The van der Waals surface area contributed by atoms with Gasteiger partial charge in [0.15, 0.2) is 0 Å². The Balaban J connectivity index is 1.96. The van der Waals surface area contributed by atoms with Crippen LogP contribution >= 0.6 is 11.8 Å². The minimum Gasteiger partial charge on any atom is -0.508 e. The lowest BCUT2D eigenvalue weighted by atomic mass is 10.1. The smallest absolute Gasteiger partial charge is 0.119 e. The van der Waals surface area contributed by atoms with Gasteiger partial charge in [0.25, 0.3) is 0 Å². The Morgan fingerprint density at radius 3 is 2.58 bits per heavy atom. The van der Waals surface area contributed by atoms with Gasteiger partial charge in [0.1, 0.15) is 11.5 Å². The highest BCUT2D eigenvalue weighted by Gasteiger charge is 2.09. The minimum atomic E-state index is -0.547. The summed E-state index contributed by atoms with van der Waals surface area (Å²) in [5.41, 5.74) is 0.839. The summed E-state index contributed by atoms with van der Waals surface area (Å²) in [4.78, 5) is 1.01. The predicted octanol–water partition coefficient (Wildman–Crippen LogP) is 3.23. The van der Waals surface area contributed by atoms with Crippen molar-refractivity contribution in [2.45, 2.75) is 11.0 Å². The summed E-state index contributed by atoms with van der Waals surface area (Å²) in [7, 11) is 1.61. The van der Waals surface area contributed by atoms with Crippen molar-refractivity contribution >= 4 is 11.8 Å². The molecule has 1 unspecified atom stereocenters.